The average Bonchev–Trinajstić information content (AvgIpc) is 2.96. The van der Waals surface area contributed by atoms with Crippen LogP contribution >= 0.6 is 0 Å². The van der Waals surface area contributed by atoms with Crippen LogP contribution in [0.25, 0.3) is 6.08 Å². The highest BCUT2D eigenvalue weighted by atomic mass is 16.4. The van der Waals surface area contributed by atoms with Crippen molar-refractivity contribution in [1.82, 2.24) is 0 Å². The van der Waals surface area contributed by atoms with Crippen LogP contribution in [-0.4, -0.2) is 22.8 Å². The molecule has 2 rings (SSSR count). The fourth-order valence-corrected chi connectivity index (χ4v) is 3.65. The number of ketones is 1. The standard InChI is InChI=1S/C22H29NO4/c1-16(24)23-19-13-9-17(10-14-19)8-11-18-12-15-21(25)20(18)6-4-2-3-5-7-22(26)27/h8-11,13-14,18,20H,2-7,12,15H2,1H3,(H,23,24)(H,26,27). The minimum Gasteiger partial charge on any atom is -0.481 e. The topological polar surface area (TPSA) is 83.5 Å². The van der Waals surface area contributed by atoms with Gasteiger partial charge in [0.1, 0.15) is 5.78 Å². The van der Waals surface area contributed by atoms with Gasteiger partial charge in [-0.05, 0) is 42.9 Å². The van der Waals surface area contributed by atoms with Crippen molar-refractivity contribution in [2.75, 3.05) is 5.32 Å². The molecular formula is C22H29NO4. The molecule has 2 unspecified atom stereocenters. The summed E-state index contributed by atoms with van der Waals surface area (Å²) in [6, 6.07) is 7.65. The summed E-state index contributed by atoms with van der Waals surface area (Å²) in [7, 11) is 0. The molecule has 27 heavy (non-hydrogen) atoms. The molecule has 146 valence electrons. The van der Waals surface area contributed by atoms with Crippen LogP contribution in [0, 0.1) is 11.8 Å². The Balaban J connectivity index is 1.81. The summed E-state index contributed by atoms with van der Waals surface area (Å²) in [5.74, 6) is -0.0908. The molecule has 1 aliphatic rings. The van der Waals surface area contributed by atoms with Crippen molar-refractivity contribution in [1.29, 1.82) is 0 Å². The highest BCUT2D eigenvalue weighted by molar-refractivity contribution is 5.88. The lowest BCUT2D eigenvalue weighted by Gasteiger charge is -2.14. The van der Waals surface area contributed by atoms with Gasteiger partial charge in [-0.1, -0.05) is 43.5 Å². The highest BCUT2D eigenvalue weighted by Crippen LogP contribution is 2.34. The Morgan fingerprint density at radius 1 is 1.15 bits per heavy atom. The van der Waals surface area contributed by atoms with Crippen LogP contribution in [0.15, 0.2) is 30.3 Å². The van der Waals surface area contributed by atoms with E-state index in [9.17, 15) is 14.4 Å². The van der Waals surface area contributed by atoms with Crippen molar-refractivity contribution in [3.63, 3.8) is 0 Å². The van der Waals surface area contributed by atoms with Gasteiger partial charge in [-0.2, -0.15) is 0 Å². The number of Topliss-reactive ketones (excluding diaryl/α,β-unsaturated/α-hetero) is 1. The maximum Gasteiger partial charge on any atom is 0.303 e. The zero-order chi connectivity index (χ0) is 19.6. The Morgan fingerprint density at radius 3 is 2.52 bits per heavy atom. The van der Waals surface area contributed by atoms with Gasteiger partial charge in [0.2, 0.25) is 5.91 Å². The lowest BCUT2D eigenvalue weighted by atomic mass is 9.89. The first kappa shape index (κ1) is 20.9. The van der Waals surface area contributed by atoms with Crippen LogP contribution in [0.1, 0.15) is 63.9 Å². The lowest BCUT2D eigenvalue weighted by molar-refractivity contribution is -0.137. The Hall–Kier alpha value is -2.43. The molecular weight excluding hydrogens is 342 g/mol. The van der Waals surface area contributed by atoms with E-state index in [1.165, 1.54) is 6.92 Å². The summed E-state index contributed by atoms with van der Waals surface area (Å²) in [5.41, 5.74) is 1.83. The number of carbonyl (C=O) groups is 3. The molecule has 0 spiro atoms. The van der Waals surface area contributed by atoms with Gasteiger partial charge in [0.05, 0.1) is 0 Å². The van der Waals surface area contributed by atoms with E-state index in [0.717, 1.165) is 43.4 Å². The molecule has 0 saturated heterocycles. The number of allylic oxidation sites excluding steroid dienone is 1. The molecule has 1 saturated carbocycles. The Labute approximate surface area is 160 Å². The van der Waals surface area contributed by atoms with Crippen molar-refractivity contribution in [2.24, 2.45) is 11.8 Å². The molecule has 2 N–H and O–H groups in total. The van der Waals surface area contributed by atoms with E-state index in [1.54, 1.807) is 0 Å². The average molecular weight is 371 g/mol. The van der Waals surface area contributed by atoms with Crippen molar-refractivity contribution < 1.29 is 19.5 Å². The van der Waals surface area contributed by atoms with E-state index in [2.05, 4.69) is 17.5 Å². The van der Waals surface area contributed by atoms with Crippen molar-refractivity contribution in [3.8, 4) is 0 Å². The minimum atomic E-state index is -0.740. The van der Waals surface area contributed by atoms with Crippen LogP contribution in [0.3, 0.4) is 0 Å². The second-order valence-electron chi connectivity index (χ2n) is 7.28. The molecule has 0 aliphatic heterocycles. The predicted molar refractivity (Wildman–Crippen MR) is 106 cm³/mol. The van der Waals surface area contributed by atoms with Gasteiger partial charge in [0.25, 0.3) is 0 Å². The number of unbranched alkanes of at least 4 members (excludes halogenated alkanes) is 3. The Kier molecular flexibility index (Phi) is 8.24. The number of carboxylic acid groups (broad SMARTS) is 1. The molecule has 0 heterocycles. The van der Waals surface area contributed by atoms with Gasteiger partial charge in [-0.25, -0.2) is 0 Å². The summed E-state index contributed by atoms with van der Waals surface area (Å²) in [5, 5.41) is 11.4. The first-order valence-corrected chi connectivity index (χ1v) is 9.76. The summed E-state index contributed by atoms with van der Waals surface area (Å²) < 4.78 is 0. The molecule has 1 aromatic rings. The second kappa shape index (κ2) is 10.7. The molecule has 5 heteroatoms. The summed E-state index contributed by atoms with van der Waals surface area (Å²) in [6.45, 7) is 1.48. The van der Waals surface area contributed by atoms with E-state index < -0.39 is 5.97 Å². The zero-order valence-corrected chi connectivity index (χ0v) is 15.9. The lowest BCUT2D eigenvalue weighted by Crippen LogP contribution is -2.13. The first-order chi connectivity index (χ1) is 13.0. The van der Waals surface area contributed by atoms with Gasteiger partial charge < -0.3 is 10.4 Å². The number of hydrogen-bond acceptors (Lipinski definition) is 3. The first-order valence-electron chi connectivity index (χ1n) is 9.76. The molecule has 0 bridgehead atoms. The number of amides is 1. The molecule has 1 fully saturated rings. The second-order valence-corrected chi connectivity index (χ2v) is 7.28. The van der Waals surface area contributed by atoms with E-state index in [1.807, 2.05) is 24.3 Å². The Morgan fingerprint density at radius 2 is 1.85 bits per heavy atom. The fraction of sp³-hybridized carbons (Fsp3) is 0.500. The third kappa shape index (κ3) is 7.37. The number of rotatable bonds is 10. The number of aliphatic carboxylic acids is 1. The molecule has 0 aromatic heterocycles. The van der Waals surface area contributed by atoms with Crippen molar-refractivity contribution in [3.05, 3.63) is 35.9 Å². The number of carboxylic acids is 1. The SMILES string of the molecule is CC(=O)Nc1ccc(C=CC2CCC(=O)C2CCCCCCC(=O)O)cc1. The fourth-order valence-electron chi connectivity index (χ4n) is 3.65. The van der Waals surface area contributed by atoms with Gasteiger partial charge in [0, 0.05) is 31.4 Å². The van der Waals surface area contributed by atoms with Crippen LogP contribution in [0.4, 0.5) is 5.69 Å². The number of nitrogens with one attached hydrogen (secondary N) is 1. The third-order valence-corrected chi connectivity index (χ3v) is 5.08. The minimum absolute atomic E-state index is 0.0893. The third-order valence-electron chi connectivity index (χ3n) is 5.08. The maximum atomic E-state index is 12.2. The monoisotopic (exact) mass is 371 g/mol. The number of benzene rings is 1. The smallest absolute Gasteiger partial charge is 0.303 e. The van der Waals surface area contributed by atoms with Crippen LogP contribution in [0.2, 0.25) is 0 Å². The molecule has 2 atom stereocenters. The van der Waals surface area contributed by atoms with E-state index in [0.29, 0.717) is 18.6 Å². The predicted octanol–water partition coefficient (Wildman–Crippen LogP) is 4.68. The van der Waals surface area contributed by atoms with Crippen LogP contribution < -0.4 is 5.32 Å². The van der Waals surface area contributed by atoms with Gasteiger partial charge in [-0.3, -0.25) is 14.4 Å². The number of carbonyl (C=O) groups excluding carboxylic acids is 2. The van der Waals surface area contributed by atoms with E-state index >= 15 is 0 Å². The van der Waals surface area contributed by atoms with Gasteiger partial charge in [-0.15, -0.1) is 0 Å². The summed E-state index contributed by atoms with van der Waals surface area (Å²) in [4.78, 5) is 33.8. The zero-order valence-electron chi connectivity index (χ0n) is 15.9. The van der Waals surface area contributed by atoms with E-state index in [4.69, 9.17) is 5.11 Å². The highest BCUT2D eigenvalue weighted by Gasteiger charge is 2.32. The normalized spacial score (nSPS) is 19.5. The largest absolute Gasteiger partial charge is 0.481 e. The van der Waals surface area contributed by atoms with Gasteiger partial charge in [0.15, 0.2) is 0 Å². The number of anilines is 1. The maximum absolute atomic E-state index is 12.2. The van der Waals surface area contributed by atoms with Crippen LogP contribution in [0.5, 0.6) is 0 Å². The molecule has 5 nitrogen and oxygen atoms in total. The quantitative estimate of drug-likeness (QED) is 0.585. The summed E-state index contributed by atoms with van der Waals surface area (Å²) in [6.07, 6.45) is 10.5. The molecule has 0 radical (unpaired) electrons. The Bertz CT molecular complexity index is 678. The molecule has 1 aromatic carbocycles. The van der Waals surface area contributed by atoms with Gasteiger partial charge >= 0.3 is 5.97 Å². The van der Waals surface area contributed by atoms with Crippen molar-refractivity contribution >= 4 is 29.4 Å². The summed E-state index contributed by atoms with van der Waals surface area (Å²) >= 11 is 0. The number of hydrogen-bond donors (Lipinski definition) is 2. The molecule has 1 aliphatic carbocycles. The van der Waals surface area contributed by atoms with Crippen molar-refractivity contribution in [2.45, 2.75) is 58.3 Å². The van der Waals surface area contributed by atoms with Crippen LogP contribution in [-0.2, 0) is 14.4 Å². The van der Waals surface area contributed by atoms with E-state index in [-0.39, 0.29) is 24.2 Å². The molecule has 1 amide bonds.